The highest BCUT2D eigenvalue weighted by molar-refractivity contribution is 6.07. The minimum Gasteiger partial charge on any atom is -0.478 e. The number of ether oxygens (including phenoxy) is 1. The molecule has 0 bridgehead atoms. The summed E-state index contributed by atoms with van der Waals surface area (Å²) < 4.78 is 5.28. The van der Waals surface area contributed by atoms with E-state index in [4.69, 9.17) is 4.74 Å². The van der Waals surface area contributed by atoms with Crippen LogP contribution >= 0.6 is 0 Å². The summed E-state index contributed by atoms with van der Waals surface area (Å²) in [7, 11) is 0. The minimum atomic E-state index is -1.26. The molecule has 0 unspecified atom stereocenters. The molecule has 0 atom stereocenters. The number of carbonyl (C=O) groups excluding carboxylic acids is 2. The molecule has 1 N–H and O–H groups in total. The van der Waals surface area contributed by atoms with Crippen LogP contribution in [0.15, 0.2) is 75.9 Å². The molecule has 0 aliphatic heterocycles. The Bertz CT molecular complexity index is 977. The lowest BCUT2D eigenvalue weighted by molar-refractivity contribution is 0.0547. The number of carboxylic acids is 1. The van der Waals surface area contributed by atoms with Crippen LogP contribution in [0.4, 0.5) is 0 Å². The molecule has 0 saturated carbocycles. The average Bonchev–Trinajstić information content (AvgIpc) is 2.77. The molecule has 0 fully saturated rings. The quantitative estimate of drug-likeness (QED) is 0.309. The fourth-order valence-corrected chi connectivity index (χ4v) is 3.65. The molecule has 0 aromatic heterocycles. The van der Waals surface area contributed by atoms with E-state index in [1.54, 1.807) is 18.2 Å². The van der Waals surface area contributed by atoms with Crippen LogP contribution in [-0.2, 0) is 24.0 Å². The van der Waals surface area contributed by atoms with Gasteiger partial charge in [-0.15, -0.1) is 32.9 Å². The van der Waals surface area contributed by atoms with Gasteiger partial charge in [0.15, 0.2) is 0 Å². The first-order valence-electron chi connectivity index (χ1n) is 10.4. The standard InChI is InChI=1S/C27H31NO5/c1-7-13-19-22(25(29)28(16-10-4)17-11-5)20(14-8-2)24(27(32)33-18-12-6)21(15-9-3)23(19)26(30)31/h7-12H,1-6,13-18H2,(H,30,31). The molecule has 33 heavy (non-hydrogen) atoms. The van der Waals surface area contributed by atoms with Crippen LogP contribution in [-0.4, -0.2) is 47.5 Å². The molecule has 1 aromatic carbocycles. The topological polar surface area (TPSA) is 83.9 Å². The Hall–Kier alpha value is -3.93. The molecule has 0 saturated heterocycles. The summed E-state index contributed by atoms with van der Waals surface area (Å²) >= 11 is 0. The van der Waals surface area contributed by atoms with Gasteiger partial charge < -0.3 is 14.7 Å². The third kappa shape index (κ3) is 6.29. The highest BCUT2D eigenvalue weighted by Gasteiger charge is 2.33. The van der Waals surface area contributed by atoms with Crippen molar-refractivity contribution in [3.8, 4) is 0 Å². The first-order chi connectivity index (χ1) is 15.8. The van der Waals surface area contributed by atoms with Crippen molar-refractivity contribution < 1.29 is 24.2 Å². The van der Waals surface area contributed by atoms with Crippen LogP contribution in [0.2, 0.25) is 0 Å². The van der Waals surface area contributed by atoms with E-state index < -0.39 is 17.8 Å². The zero-order chi connectivity index (χ0) is 25.0. The number of nitrogens with zero attached hydrogens (tertiary/aromatic N) is 1. The number of amides is 1. The first-order valence-corrected chi connectivity index (χ1v) is 10.4. The molecule has 1 amide bonds. The lowest BCUT2D eigenvalue weighted by Gasteiger charge is -2.27. The molecule has 6 nitrogen and oxygen atoms in total. The molecule has 6 heteroatoms. The summed E-state index contributed by atoms with van der Waals surface area (Å²) in [6.07, 6.45) is 9.45. The van der Waals surface area contributed by atoms with Gasteiger partial charge in [0.25, 0.3) is 5.91 Å². The molecule has 0 spiro atoms. The van der Waals surface area contributed by atoms with E-state index in [0.717, 1.165) is 0 Å². The van der Waals surface area contributed by atoms with Crippen LogP contribution in [0.5, 0.6) is 0 Å². The number of aromatic carboxylic acids is 1. The third-order valence-corrected chi connectivity index (χ3v) is 4.81. The maximum atomic E-state index is 13.7. The second-order valence-electron chi connectivity index (χ2n) is 7.02. The van der Waals surface area contributed by atoms with Gasteiger partial charge in [-0.1, -0.05) is 43.0 Å². The van der Waals surface area contributed by atoms with E-state index >= 15 is 0 Å². The Balaban J connectivity index is 4.26. The Morgan fingerprint density at radius 2 is 1.15 bits per heavy atom. The number of hydrogen-bond acceptors (Lipinski definition) is 4. The van der Waals surface area contributed by atoms with Gasteiger partial charge in [-0.05, 0) is 36.0 Å². The van der Waals surface area contributed by atoms with Gasteiger partial charge >= 0.3 is 11.9 Å². The largest absolute Gasteiger partial charge is 0.478 e. The normalized spacial score (nSPS) is 9.94. The Morgan fingerprint density at radius 3 is 1.55 bits per heavy atom. The van der Waals surface area contributed by atoms with Crippen molar-refractivity contribution in [1.29, 1.82) is 0 Å². The van der Waals surface area contributed by atoms with Gasteiger partial charge in [0, 0.05) is 18.7 Å². The number of benzene rings is 1. The highest BCUT2D eigenvalue weighted by Crippen LogP contribution is 2.33. The van der Waals surface area contributed by atoms with E-state index in [-0.39, 0.29) is 66.8 Å². The zero-order valence-corrected chi connectivity index (χ0v) is 19.0. The Kier molecular flexibility index (Phi) is 11.1. The van der Waals surface area contributed by atoms with Crippen molar-refractivity contribution in [1.82, 2.24) is 4.90 Å². The SMILES string of the molecule is C=CCOC(=O)c1c(CC=C)c(C(=O)O)c(CC=C)c(C(=O)N(CC=C)CC=C)c1CC=C. The molecular weight excluding hydrogens is 418 g/mol. The van der Waals surface area contributed by atoms with Gasteiger partial charge in [0.05, 0.1) is 11.1 Å². The van der Waals surface area contributed by atoms with Crippen molar-refractivity contribution in [2.45, 2.75) is 19.3 Å². The average molecular weight is 450 g/mol. The van der Waals surface area contributed by atoms with Crippen molar-refractivity contribution in [3.05, 3.63) is 109 Å². The third-order valence-electron chi connectivity index (χ3n) is 4.81. The first kappa shape index (κ1) is 27.1. The van der Waals surface area contributed by atoms with Gasteiger partial charge in [-0.3, -0.25) is 4.79 Å². The molecule has 1 rings (SSSR count). The number of allylic oxidation sites excluding steroid dienone is 3. The predicted molar refractivity (Wildman–Crippen MR) is 132 cm³/mol. The van der Waals surface area contributed by atoms with Crippen LogP contribution in [0, 0.1) is 0 Å². The number of carboxylic acid groups (broad SMARTS) is 1. The Labute approximate surface area is 195 Å². The van der Waals surface area contributed by atoms with E-state index in [1.165, 1.54) is 23.1 Å². The fourth-order valence-electron chi connectivity index (χ4n) is 3.65. The number of esters is 1. The van der Waals surface area contributed by atoms with Crippen LogP contribution in [0.1, 0.15) is 47.8 Å². The van der Waals surface area contributed by atoms with Crippen molar-refractivity contribution in [2.75, 3.05) is 19.7 Å². The second-order valence-corrected chi connectivity index (χ2v) is 7.02. The summed E-state index contributed by atoms with van der Waals surface area (Å²) in [6, 6.07) is 0. The summed E-state index contributed by atoms with van der Waals surface area (Å²) in [6.45, 7) is 22.5. The highest BCUT2D eigenvalue weighted by atomic mass is 16.5. The van der Waals surface area contributed by atoms with E-state index in [9.17, 15) is 19.5 Å². The van der Waals surface area contributed by atoms with Crippen molar-refractivity contribution in [2.24, 2.45) is 0 Å². The minimum absolute atomic E-state index is 0.0300. The molecule has 0 radical (unpaired) electrons. The van der Waals surface area contributed by atoms with E-state index in [2.05, 4.69) is 39.5 Å². The number of hydrogen-bond donors (Lipinski definition) is 1. The molecule has 0 aliphatic rings. The Morgan fingerprint density at radius 1 is 0.697 bits per heavy atom. The van der Waals surface area contributed by atoms with Gasteiger partial charge in [-0.2, -0.15) is 0 Å². The molecule has 1 aromatic rings. The summed E-state index contributed by atoms with van der Waals surface area (Å²) in [5.74, 6) is -2.46. The molecule has 0 aliphatic carbocycles. The van der Waals surface area contributed by atoms with Gasteiger partial charge in [-0.25, -0.2) is 9.59 Å². The zero-order valence-electron chi connectivity index (χ0n) is 19.0. The van der Waals surface area contributed by atoms with Crippen LogP contribution in [0.3, 0.4) is 0 Å². The fraction of sp³-hybridized carbons (Fsp3) is 0.222. The monoisotopic (exact) mass is 449 g/mol. The summed E-state index contributed by atoms with van der Waals surface area (Å²) in [5.41, 5.74) is 0.872. The molecule has 174 valence electrons. The van der Waals surface area contributed by atoms with Crippen LogP contribution in [0.25, 0.3) is 0 Å². The van der Waals surface area contributed by atoms with Crippen LogP contribution < -0.4 is 0 Å². The maximum absolute atomic E-state index is 13.7. The van der Waals surface area contributed by atoms with Crippen molar-refractivity contribution in [3.63, 3.8) is 0 Å². The second kappa shape index (κ2) is 13.5. The number of carbonyl (C=O) groups is 3. The maximum Gasteiger partial charge on any atom is 0.339 e. The van der Waals surface area contributed by atoms with Gasteiger partial charge in [0.2, 0.25) is 0 Å². The predicted octanol–water partition coefficient (Wildman–Crippen LogP) is 4.73. The van der Waals surface area contributed by atoms with E-state index in [1.807, 2.05) is 0 Å². The van der Waals surface area contributed by atoms with Gasteiger partial charge in [0.1, 0.15) is 6.61 Å². The molecule has 0 heterocycles. The van der Waals surface area contributed by atoms with Crippen molar-refractivity contribution >= 4 is 17.8 Å². The lowest BCUT2D eigenvalue weighted by Crippen LogP contribution is -2.34. The number of rotatable bonds is 15. The smallest absolute Gasteiger partial charge is 0.339 e. The summed E-state index contributed by atoms with van der Waals surface area (Å²) in [4.78, 5) is 40.8. The van der Waals surface area contributed by atoms with E-state index in [0.29, 0.717) is 5.56 Å². The molecular formula is C27H31NO5. The lowest BCUT2D eigenvalue weighted by atomic mass is 9.82. The summed E-state index contributed by atoms with van der Waals surface area (Å²) in [5, 5.41) is 10.1.